The second-order valence-corrected chi connectivity index (χ2v) is 8.05. The molecule has 10 heteroatoms. The molecule has 0 unspecified atom stereocenters. The van der Waals surface area contributed by atoms with Crippen LogP contribution in [0.1, 0.15) is 11.1 Å². The molecule has 0 bridgehead atoms. The number of para-hydroxylation sites is 1. The summed E-state index contributed by atoms with van der Waals surface area (Å²) >= 11 is 5.99. The number of hydrogen-bond acceptors (Lipinski definition) is 6. The average Bonchev–Trinajstić information content (AvgIpc) is 2.89. The van der Waals surface area contributed by atoms with Gasteiger partial charge >= 0.3 is 11.8 Å². The lowest BCUT2D eigenvalue weighted by Gasteiger charge is -2.11. The molecule has 0 heterocycles. The van der Waals surface area contributed by atoms with Gasteiger partial charge in [0.25, 0.3) is 5.91 Å². The molecule has 0 aliphatic heterocycles. The topological polar surface area (TPSA) is 118 Å². The maximum Gasteiger partial charge on any atom is 0.329 e. The molecule has 9 nitrogen and oxygen atoms in total. The van der Waals surface area contributed by atoms with Gasteiger partial charge in [-0.3, -0.25) is 14.4 Å². The lowest BCUT2D eigenvalue weighted by molar-refractivity contribution is -0.136. The van der Waals surface area contributed by atoms with Gasteiger partial charge in [-0.15, -0.1) is 0 Å². The maximum atomic E-state index is 12.3. The van der Waals surface area contributed by atoms with Crippen LogP contribution in [-0.4, -0.2) is 37.1 Å². The second kappa shape index (κ2) is 13.5. The van der Waals surface area contributed by atoms with Crippen molar-refractivity contribution in [2.24, 2.45) is 5.10 Å². The van der Waals surface area contributed by atoms with Crippen molar-refractivity contribution in [3.8, 4) is 11.5 Å². The van der Waals surface area contributed by atoms with Crippen LogP contribution in [0.3, 0.4) is 0 Å². The summed E-state index contributed by atoms with van der Waals surface area (Å²) in [5, 5.41) is 9.54. The Balaban J connectivity index is 1.51. The molecule has 3 aromatic rings. The summed E-state index contributed by atoms with van der Waals surface area (Å²) in [4.78, 5) is 36.6. The van der Waals surface area contributed by atoms with Crippen LogP contribution >= 0.6 is 11.6 Å². The van der Waals surface area contributed by atoms with E-state index in [1.165, 1.54) is 6.21 Å². The van der Waals surface area contributed by atoms with Crippen LogP contribution in [0, 0.1) is 6.92 Å². The first-order valence-electron chi connectivity index (χ1n) is 11.1. The fourth-order valence-electron chi connectivity index (χ4n) is 2.97. The lowest BCUT2D eigenvalue weighted by Crippen LogP contribution is -2.32. The Bertz CT molecular complexity index is 1310. The van der Waals surface area contributed by atoms with Crippen LogP contribution in [0.2, 0.25) is 5.02 Å². The molecule has 3 N–H and O–H groups in total. The summed E-state index contributed by atoms with van der Waals surface area (Å²) in [7, 11) is 0. The zero-order valence-electron chi connectivity index (χ0n) is 20.0. The van der Waals surface area contributed by atoms with Crippen molar-refractivity contribution in [3.05, 3.63) is 95.5 Å². The van der Waals surface area contributed by atoms with E-state index in [1.54, 1.807) is 72.8 Å². The third kappa shape index (κ3) is 8.52. The zero-order valence-corrected chi connectivity index (χ0v) is 20.7. The number of nitrogens with zero attached hydrogens (tertiary/aromatic N) is 1. The minimum atomic E-state index is -0.960. The number of ether oxygens (including phenoxy) is 2. The summed E-state index contributed by atoms with van der Waals surface area (Å²) in [5.41, 5.74) is 4.52. The van der Waals surface area contributed by atoms with Gasteiger partial charge in [0, 0.05) is 22.0 Å². The van der Waals surface area contributed by atoms with E-state index in [0.29, 0.717) is 40.1 Å². The van der Waals surface area contributed by atoms with Crippen LogP contribution in [0.15, 0.2) is 84.5 Å². The first-order valence-corrected chi connectivity index (χ1v) is 11.5. The second-order valence-electron chi connectivity index (χ2n) is 7.61. The molecule has 190 valence electrons. The van der Waals surface area contributed by atoms with Crippen LogP contribution in [0.25, 0.3) is 0 Å². The van der Waals surface area contributed by atoms with E-state index in [1.807, 2.05) is 6.92 Å². The van der Waals surface area contributed by atoms with Crippen molar-refractivity contribution < 1.29 is 23.9 Å². The number of nitrogens with one attached hydrogen (secondary N) is 3. The summed E-state index contributed by atoms with van der Waals surface area (Å²) in [6.45, 7) is 5.52. The number of rotatable bonds is 10. The third-order valence-electron chi connectivity index (χ3n) is 4.81. The third-order valence-corrected chi connectivity index (χ3v) is 5.04. The number of aryl methyl sites for hydroxylation is 1. The monoisotopic (exact) mass is 520 g/mol. The molecule has 0 fully saturated rings. The molecular weight excluding hydrogens is 496 g/mol. The standard InChI is InChI=1S/C27H25ClN4O5/c1-3-14-36-22-12-10-21(11-13-22)30-26(34)27(35)32-29-16-19-6-4-5-7-24(19)37-17-25(33)31-23-15-20(28)9-8-18(23)2/h3-13,15-16H,1,14,17H2,2H3,(H,30,34)(H,31,33)(H,32,35)/b29-16-. The number of carbonyl (C=O) groups is 3. The molecule has 0 aliphatic rings. The van der Waals surface area contributed by atoms with Gasteiger partial charge in [-0.05, 0) is 61.0 Å². The molecule has 37 heavy (non-hydrogen) atoms. The predicted octanol–water partition coefficient (Wildman–Crippen LogP) is 4.32. The average molecular weight is 521 g/mol. The molecule has 0 spiro atoms. The van der Waals surface area contributed by atoms with Crippen LogP contribution in [0.5, 0.6) is 11.5 Å². The van der Waals surface area contributed by atoms with Gasteiger partial charge in [-0.1, -0.05) is 42.5 Å². The zero-order chi connectivity index (χ0) is 26.6. The summed E-state index contributed by atoms with van der Waals surface area (Å²) in [6.07, 6.45) is 2.93. The fraction of sp³-hybridized carbons (Fsp3) is 0.111. The molecule has 0 aliphatic carbocycles. The van der Waals surface area contributed by atoms with Gasteiger partial charge in [0.05, 0.1) is 6.21 Å². The van der Waals surface area contributed by atoms with Crippen LogP contribution in [-0.2, 0) is 14.4 Å². The fourth-order valence-corrected chi connectivity index (χ4v) is 3.14. The summed E-state index contributed by atoms with van der Waals surface area (Å²) in [6, 6.07) is 18.5. The molecule has 3 amide bonds. The van der Waals surface area contributed by atoms with Crippen molar-refractivity contribution in [1.29, 1.82) is 0 Å². The van der Waals surface area contributed by atoms with Gasteiger partial charge in [0.15, 0.2) is 6.61 Å². The maximum absolute atomic E-state index is 12.3. The van der Waals surface area contributed by atoms with E-state index >= 15 is 0 Å². The molecule has 0 saturated heterocycles. The van der Waals surface area contributed by atoms with E-state index in [2.05, 4.69) is 27.7 Å². The van der Waals surface area contributed by atoms with Crippen molar-refractivity contribution in [3.63, 3.8) is 0 Å². The first-order chi connectivity index (χ1) is 17.9. The molecule has 3 rings (SSSR count). The number of carbonyl (C=O) groups excluding carboxylic acids is 3. The normalized spacial score (nSPS) is 10.4. The number of amides is 3. The minimum Gasteiger partial charge on any atom is -0.490 e. The summed E-state index contributed by atoms with van der Waals surface area (Å²) < 4.78 is 11.0. The van der Waals surface area contributed by atoms with Crippen molar-refractivity contribution >= 4 is 46.9 Å². The largest absolute Gasteiger partial charge is 0.490 e. The Morgan fingerprint density at radius 1 is 0.973 bits per heavy atom. The molecular formula is C27H25ClN4O5. The van der Waals surface area contributed by atoms with Gasteiger partial charge in [-0.25, -0.2) is 5.43 Å². The number of hydrazone groups is 1. The SMILES string of the molecule is C=CCOc1ccc(NC(=O)C(=O)N/N=C\c2ccccc2OCC(=O)Nc2cc(Cl)ccc2C)cc1. The van der Waals surface area contributed by atoms with Crippen molar-refractivity contribution in [1.82, 2.24) is 5.43 Å². The minimum absolute atomic E-state index is 0.261. The predicted molar refractivity (Wildman–Crippen MR) is 143 cm³/mol. The lowest BCUT2D eigenvalue weighted by atomic mass is 10.2. The van der Waals surface area contributed by atoms with Gasteiger partial charge in [0.2, 0.25) is 0 Å². The first kappa shape index (κ1) is 27.0. The van der Waals surface area contributed by atoms with Gasteiger partial charge in [0.1, 0.15) is 18.1 Å². The Hall–Kier alpha value is -4.63. The van der Waals surface area contributed by atoms with Gasteiger partial charge < -0.3 is 20.1 Å². The Kier molecular flexibility index (Phi) is 9.81. The van der Waals surface area contributed by atoms with Crippen LogP contribution < -0.4 is 25.5 Å². The quantitative estimate of drug-likeness (QED) is 0.159. The highest BCUT2D eigenvalue weighted by Crippen LogP contribution is 2.21. The van der Waals surface area contributed by atoms with E-state index in [9.17, 15) is 14.4 Å². The Morgan fingerprint density at radius 2 is 1.73 bits per heavy atom. The number of hydrogen-bond donors (Lipinski definition) is 3. The molecule has 0 saturated carbocycles. The summed E-state index contributed by atoms with van der Waals surface area (Å²) in [5.74, 6) is -1.26. The number of anilines is 2. The van der Waals surface area contributed by atoms with Gasteiger partial charge in [-0.2, -0.15) is 5.10 Å². The molecule has 3 aromatic carbocycles. The highest BCUT2D eigenvalue weighted by atomic mass is 35.5. The molecule has 0 aromatic heterocycles. The Labute approximate surface area is 219 Å². The van der Waals surface area contributed by atoms with E-state index in [0.717, 1.165) is 5.56 Å². The van der Waals surface area contributed by atoms with Crippen molar-refractivity contribution in [2.45, 2.75) is 6.92 Å². The van der Waals surface area contributed by atoms with E-state index < -0.39 is 11.8 Å². The number of halogens is 1. The molecule has 0 atom stereocenters. The number of benzene rings is 3. The molecule has 0 radical (unpaired) electrons. The highest BCUT2D eigenvalue weighted by Gasteiger charge is 2.13. The Morgan fingerprint density at radius 3 is 2.49 bits per heavy atom. The smallest absolute Gasteiger partial charge is 0.329 e. The van der Waals surface area contributed by atoms with Crippen LogP contribution in [0.4, 0.5) is 11.4 Å². The van der Waals surface area contributed by atoms with Crippen molar-refractivity contribution in [2.75, 3.05) is 23.8 Å². The van der Waals surface area contributed by atoms with E-state index in [4.69, 9.17) is 21.1 Å². The van der Waals surface area contributed by atoms with E-state index in [-0.39, 0.29) is 12.5 Å². The highest BCUT2D eigenvalue weighted by molar-refractivity contribution is 6.39.